The van der Waals surface area contributed by atoms with Crippen molar-refractivity contribution in [2.24, 2.45) is 0 Å². The van der Waals surface area contributed by atoms with Crippen LogP contribution in [0.2, 0.25) is 0 Å². The van der Waals surface area contributed by atoms with Gasteiger partial charge < -0.3 is 10.0 Å². The van der Waals surface area contributed by atoms with Crippen molar-refractivity contribution in [1.29, 1.82) is 0 Å². The second-order valence-electron chi connectivity index (χ2n) is 4.63. The smallest absolute Gasteiger partial charge is 0.269 e. The summed E-state index contributed by atoms with van der Waals surface area (Å²) in [5.41, 5.74) is 0.528. The van der Waals surface area contributed by atoms with Crippen molar-refractivity contribution in [3.05, 3.63) is 39.9 Å². The van der Waals surface area contributed by atoms with Crippen LogP contribution in [0.1, 0.15) is 32.4 Å². The quantitative estimate of drug-likeness (QED) is 0.651. The summed E-state index contributed by atoms with van der Waals surface area (Å²) in [6, 6.07) is 5.67. The number of nitro groups is 1. The van der Waals surface area contributed by atoms with E-state index in [9.17, 15) is 20.0 Å². The minimum Gasteiger partial charge on any atom is -0.387 e. The molecule has 0 unspecified atom stereocenters. The fraction of sp³-hybridized carbons (Fsp3) is 0.462. The molecule has 1 N–H and O–H groups in total. The third-order valence-corrected chi connectivity index (χ3v) is 2.89. The minimum absolute atomic E-state index is 0.00908. The van der Waals surface area contributed by atoms with Crippen molar-refractivity contribution in [3.8, 4) is 0 Å². The Morgan fingerprint density at radius 1 is 1.37 bits per heavy atom. The van der Waals surface area contributed by atoms with Crippen LogP contribution < -0.4 is 0 Å². The number of benzene rings is 1. The molecule has 1 amide bonds. The lowest BCUT2D eigenvalue weighted by Gasteiger charge is -2.27. The molecule has 0 aliphatic heterocycles. The zero-order valence-corrected chi connectivity index (χ0v) is 11.2. The predicted octanol–water partition coefficient (Wildman–Crippen LogP) is 1.89. The number of carbonyl (C=O) groups excluding carboxylic acids is 1. The lowest BCUT2D eigenvalue weighted by molar-refractivity contribution is -0.384. The SMILES string of the molecule is CC(=O)N(C[C@H](O)c1ccc([N+](=O)[O-])cc1)C(C)C. The average Bonchev–Trinajstić information content (AvgIpc) is 2.34. The van der Waals surface area contributed by atoms with Gasteiger partial charge in [0.2, 0.25) is 5.91 Å². The van der Waals surface area contributed by atoms with Crippen LogP contribution >= 0.6 is 0 Å². The van der Waals surface area contributed by atoms with Crippen LogP contribution in [0.5, 0.6) is 0 Å². The summed E-state index contributed by atoms with van der Waals surface area (Å²) in [6.45, 7) is 5.35. The number of hydrogen-bond donors (Lipinski definition) is 1. The molecule has 0 aliphatic rings. The molecule has 0 heterocycles. The molecule has 1 atom stereocenters. The summed E-state index contributed by atoms with van der Waals surface area (Å²) in [6.07, 6.45) is -0.855. The first-order chi connectivity index (χ1) is 8.82. The standard InChI is InChI=1S/C13H18N2O4/c1-9(2)14(10(3)16)8-13(17)11-4-6-12(7-5-11)15(18)19/h4-7,9,13,17H,8H2,1-3H3/t13-/m0/s1. The fourth-order valence-corrected chi connectivity index (χ4v) is 1.81. The summed E-state index contributed by atoms with van der Waals surface area (Å²) in [5, 5.41) is 20.6. The van der Waals surface area contributed by atoms with Gasteiger partial charge in [0.15, 0.2) is 0 Å². The predicted molar refractivity (Wildman–Crippen MR) is 70.6 cm³/mol. The van der Waals surface area contributed by atoms with Gasteiger partial charge in [0, 0.05) is 25.1 Å². The zero-order valence-electron chi connectivity index (χ0n) is 11.2. The number of non-ortho nitro benzene ring substituents is 1. The molecule has 0 spiro atoms. The number of rotatable bonds is 5. The first kappa shape index (κ1) is 15.1. The molecule has 1 rings (SSSR count). The molecule has 0 aliphatic carbocycles. The van der Waals surface area contributed by atoms with Crippen molar-refractivity contribution in [1.82, 2.24) is 4.90 Å². The Balaban J connectivity index is 2.79. The van der Waals surface area contributed by atoms with Gasteiger partial charge in [-0.15, -0.1) is 0 Å². The molecule has 0 bridgehead atoms. The highest BCUT2D eigenvalue weighted by Crippen LogP contribution is 2.19. The van der Waals surface area contributed by atoms with Gasteiger partial charge >= 0.3 is 0 Å². The van der Waals surface area contributed by atoms with E-state index >= 15 is 0 Å². The molecule has 6 heteroatoms. The highest BCUT2D eigenvalue weighted by Gasteiger charge is 2.18. The maximum absolute atomic E-state index is 11.4. The molecule has 1 aromatic rings. The van der Waals surface area contributed by atoms with Gasteiger partial charge in [0.1, 0.15) is 0 Å². The maximum atomic E-state index is 11.4. The molecule has 0 radical (unpaired) electrons. The molecule has 0 saturated carbocycles. The highest BCUT2D eigenvalue weighted by atomic mass is 16.6. The van der Waals surface area contributed by atoms with Crippen LogP contribution in [-0.4, -0.2) is 33.4 Å². The summed E-state index contributed by atoms with van der Waals surface area (Å²) in [4.78, 5) is 23.0. The van der Waals surface area contributed by atoms with Crippen molar-refractivity contribution < 1.29 is 14.8 Å². The third-order valence-electron chi connectivity index (χ3n) is 2.89. The Morgan fingerprint density at radius 3 is 2.26 bits per heavy atom. The van der Waals surface area contributed by atoms with E-state index in [2.05, 4.69) is 0 Å². The largest absolute Gasteiger partial charge is 0.387 e. The number of aliphatic hydroxyl groups excluding tert-OH is 1. The lowest BCUT2D eigenvalue weighted by atomic mass is 10.1. The van der Waals surface area contributed by atoms with Crippen LogP contribution in [-0.2, 0) is 4.79 Å². The summed E-state index contributed by atoms with van der Waals surface area (Å²) >= 11 is 0. The number of amides is 1. The topological polar surface area (TPSA) is 83.7 Å². The average molecular weight is 266 g/mol. The van der Waals surface area contributed by atoms with Crippen LogP contribution in [0.4, 0.5) is 5.69 Å². The monoisotopic (exact) mass is 266 g/mol. The molecule has 0 fully saturated rings. The number of nitrogens with zero attached hydrogens (tertiary/aromatic N) is 2. The van der Waals surface area contributed by atoms with Crippen LogP contribution in [0.3, 0.4) is 0 Å². The third kappa shape index (κ3) is 4.03. The second-order valence-corrected chi connectivity index (χ2v) is 4.63. The molecular formula is C13H18N2O4. The van der Waals surface area contributed by atoms with Gasteiger partial charge in [0.25, 0.3) is 5.69 Å². The lowest BCUT2D eigenvalue weighted by Crippen LogP contribution is -2.38. The van der Waals surface area contributed by atoms with E-state index in [1.165, 1.54) is 31.2 Å². The Morgan fingerprint density at radius 2 is 1.89 bits per heavy atom. The van der Waals surface area contributed by atoms with Crippen LogP contribution in [0.15, 0.2) is 24.3 Å². The van der Waals surface area contributed by atoms with Crippen molar-refractivity contribution in [2.75, 3.05) is 6.54 Å². The van der Waals surface area contributed by atoms with E-state index in [4.69, 9.17) is 0 Å². The summed E-state index contributed by atoms with van der Waals surface area (Å²) in [5.74, 6) is -0.115. The molecule has 6 nitrogen and oxygen atoms in total. The highest BCUT2D eigenvalue weighted by molar-refractivity contribution is 5.73. The second kappa shape index (κ2) is 6.29. The zero-order chi connectivity index (χ0) is 14.6. The number of nitro benzene ring substituents is 1. The molecule has 104 valence electrons. The first-order valence-corrected chi connectivity index (χ1v) is 6.02. The molecular weight excluding hydrogens is 248 g/mol. The summed E-state index contributed by atoms with van der Waals surface area (Å²) < 4.78 is 0. The molecule has 19 heavy (non-hydrogen) atoms. The Bertz CT molecular complexity index is 456. The van der Waals surface area contributed by atoms with Gasteiger partial charge in [-0.25, -0.2) is 0 Å². The minimum atomic E-state index is -0.855. The van der Waals surface area contributed by atoms with Gasteiger partial charge in [-0.2, -0.15) is 0 Å². The number of carbonyl (C=O) groups is 1. The van der Waals surface area contributed by atoms with Crippen molar-refractivity contribution >= 4 is 11.6 Å². The van der Waals surface area contributed by atoms with Gasteiger partial charge in [-0.3, -0.25) is 14.9 Å². The van der Waals surface area contributed by atoms with Crippen LogP contribution in [0.25, 0.3) is 0 Å². The molecule has 0 saturated heterocycles. The van der Waals surface area contributed by atoms with E-state index in [1.807, 2.05) is 13.8 Å². The molecule has 1 aromatic carbocycles. The van der Waals surface area contributed by atoms with E-state index in [0.29, 0.717) is 5.56 Å². The van der Waals surface area contributed by atoms with E-state index in [1.54, 1.807) is 4.90 Å². The van der Waals surface area contributed by atoms with E-state index in [-0.39, 0.29) is 24.2 Å². The van der Waals surface area contributed by atoms with E-state index in [0.717, 1.165) is 0 Å². The van der Waals surface area contributed by atoms with Gasteiger partial charge in [0.05, 0.1) is 17.6 Å². The fourth-order valence-electron chi connectivity index (χ4n) is 1.81. The first-order valence-electron chi connectivity index (χ1n) is 6.02. The number of aliphatic hydroxyl groups is 1. The van der Waals surface area contributed by atoms with Crippen molar-refractivity contribution in [3.63, 3.8) is 0 Å². The van der Waals surface area contributed by atoms with Crippen LogP contribution in [0, 0.1) is 10.1 Å². The Labute approximate surface area is 111 Å². The Kier molecular flexibility index (Phi) is 5.00. The normalized spacial score (nSPS) is 12.3. The Hall–Kier alpha value is -1.95. The van der Waals surface area contributed by atoms with E-state index < -0.39 is 11.0 Å². The summed E-state index contributed by atoms with van der Waals surface area (Å²) in [7, 11) is 0. The van der Waals surface area contributed by atoms with Gasteiger partial charge in [-0.05, 0) is 31.5 Å². The molecule has 0 aromatic heterocycles. The maximum Gasteiger partial charge on any atom is 0.269 e. The number of hydrogen-bond acceptors (Lipinski definition) is 4. The van der Waals surface area contributed by atoms with Crippen molar-refractivity contribution in [2.45, 2.75) is 32.9 Å². The van der Waals surface area contributed by atoms with Gasteiger partial charge in [-0.1, -0.05) is 0 Å².